The molecular weight excluding hydrogens is 552 g/mol. The van der Waals surface area contributed by atoms with Crippen LogP contribution in [0.4, 0.5) is 20.2 Å². The lowest BCUT2D eigenvalue weighted by Gasteiger charge is -2.13. The van der Waals surface area contributed by atoms with Gasteiger partial charge in [0.2, 0.25) is 0 Å². The molecule has 0 amide bonds. The fourth-order valence-corrected chi connectivity index (χ4v) is 4.96. The van der Waals surface area contributed by atoms with Crippen LogP contribution < -0.4 is 10.6 Å². The van der Waals surface area contributed by atoms with E-state index in [1.165, 1.54) is 12.1 Å². The molecular formula is C31H31F2N9O. The number of halogens is 2. The maximum absolute atomic E-state index is 16.2. The second-order valence-corrected chi connectivity index (χ2v) is 10.6. The number of aromatic amines is 2. The van der Waals surface area contributed by atoms with Gasteiger partial charge in [-0.15, -0.1) is 0 Å². The smallest absolute Gasteiger partial charge is 0.178 e. The highest BCUT2D eigenvalue weighted by atomic mass is 19.1. The van der Waals surface area contributed by atoms with Crippen molar-refractivity contribution in [2.24, 2.45) is 0 Å². The Labute approximate surface area is 246 Å². The number of hydrogen-bond acceptors (Lipinski definition) is 8. The minimum absolute atomic E-state index is 0.253. The number of anilines is 2. The van der Waals surface area contributed by atoms with Gasteiger partial charge >= 0.3 is 0 Å². The molecule has 4 aromatic heterocycles. The van der Waals surface area contributed by atoms with Gasteiger partial charge in [-0.25, -0.2) is 18.7 Å². The van der Waals surface area contributed by atoms with Crippen molar-refractivity contribution in [1.29, 1.82) is 0 Å². The van der Waals surface area contributed by atoms with E-state index in [9.17, 15) is 9.50 Å². The third kappa shape index (κ3) is 5.74. The van der Waals surface area contributed by atoms with E-state index in [0.717, 1.165) is 6.54 Å². The van der Waals surface area contributed by atoms with E-state index in [-0.39, 0.29) is 16.9 Å². The van der Waals surface area contributed by atoms with Crippen LogP contribution in [0.2, 0.25) is 0 Å². The standard InChI is InChI=1S/C31H31F2N9O/c1-4-25(43)37-21-13-18(15-34-16-21)22-5-6-24-26(27(22)33)29(41-40-24)31-38-28-23(7-8-36-30(28)39-31)17-11-19(32)14-20(12-17)35-9-10-42(2)3/h5-8,11-16,25,35,37,43H,4,9-10H2,1-3H3,(H,40,41)(H,36,38,39). The van der Waals surface area contributed by atoms with Gasteiger partial charge in [-0.3, -0.25) is 10.1 Å². The van der Waals surface area contributed by atoms with Gasteiger partial charge in [-0.2, -0.15) is 5.10 Å². The Morgan fingerprint density at radius 2 is 1.84 bits per heavy atom. The van der Waals surface area contributed by atoms with E-state index in [0.29, 0.717) is 69.1 Å². The Morgan fingerprint density at radius 1 is 1.00 bits per heavy atom. The molecule has 0 bridgehead atoms. The molecule has 43 heavy (non-hydrogen) atoms. The van der Waals surface area contributed by atoms with Crippen molar-refractivity contribution in [3.8, 4) is 33.8 Å². The first-order valence-electron chi connectivity index (χ1n) is 13.9. The molecule has 1 unspecified atom stereocenters. The van der Waals surface area contributed by atoms with Crippen molar-refractivity contribution in [3.05, 3.63) is 72.7 Å². The monoisotopic (exact) mass is 583 g/mol. The molecule has 4 heterocycles. The molecule has 0 spiro atoms. The van der Waals surface area contributed by atoms with Crippen LogP contribution in [-0.4, -0.2) is 73.6 Å². The van der Waals surface area contributed by atoms with Crippen molar-refractivity contribution in [2.75, 3.05) is 37.8 Å². The summed E-state index contributed by atoms with van der Waals surface area (Å²) in [6.45, 7) is 3.30. The third-order valence-electron chi connectivity index (χ3n) is 7.15. The Kier molecular flexibility index (Phi) is 7.70. The largest absolute Gasteiger partial charge is 0.384 e. The van der Waals surface area contributed by atoms with Gasteiger partial charge in [0.1, 0.15) is 23.6 Å². The summed E-state index contributed by atoms with van der Waals surface area (Å²) in [7, 11) is 3.95. The number of hydrogen-bond donors (Lipinski definition) is 5. The van der Waals surface area contributed by atoms with Gasteiger partial charge in [-0.05, 0) is 68.5 Å². The molecule has 0 radical (unpaired) electrons. The average molecular weight is 584 g/mol. The molecule has 5 N–H and O–H groups in total. The highest BCUT2D eigenvalue weighted by molar-refractivity contribution is 5.98. The number of aliphatic hydroxyl groups excluding tert-OH is 1. The second kappa shape index (κ2) is 11.7. The van der Waals surface area contributed by atoms with Crippen LogP contribution in [0.3, 0.4) is 0 Å². The summed E-state index contributed by atoms with van der Waals surface area (Å²) in [5.41, 5.74) is 5.18. The topological polar surface area (TPSA) is 131 Å². The van der Waals surface area contributed by atoms with Gasteiger partial charge in [0.25, 0.3) is 0 Å². The lowest BCUT2D eigenvalue weighted by atomic mass is 10.0. The average Bonchev–Trinajstić information content (AvgIpc) is 3.62. The molecule has 6 aromatic rings. The molecule has 0 saturated heterocycles. The van der Waals surface area contributed by atoms with Crippen molar-refractivity contribution in [1.82, 2.24) is 35.0 Å². The number of H-pyrrole nitrogens is 2. The predicted octanol–water partition coefficient (Wildman–Crippen LogP) is 5.62. The van der Waals surface area contributed by atoms with E-state index >= 15 is 4.39 Å². The first kappa shape index (κ1) is 28.2. The number of aromatic nitrogens is 6. The van der Waals surface area contributed by atoms with Gasteiger partial charge in [0.05, 0.1) is 28.3 Å². The van der Waals surface area contributed by atoms with Crippen LogP contribution in [-0.2, 0) is 0 Å². The van der Waals surface area contributed by atoms with Gasteiger partial charge in [0.15, 0.2) is 11.5 Å². The zero-order valence-electron chi connectivity index (χ0n) is 23.9. The number of nitrogens with one attached hydrogen (secondary N) is 4. The van der Waals surface area contributed by atoms with E-state index in [1.807, 2.05) is 32.0 Å². The fourth-order valence-electron chi connectivity index (χ4n) is 4.96. The molecule has 0 saturated carbocycles. The summed E-state index contributed by atoms with van der Waals surface area (Å²) in [4.78, 5) is 18.5. The quantitative estimate of drug-likeness (QED) is 0.131. The molecule has 0 aliphatic carbocycles. The maximum atomic E-state index is 16.2. The molecule has 6 rings (SSSR count). The molecule has 0 aliphatic heterocycles. The zero-order chi connectivity index (χ0) is 30.1. The van der Waals surface area contributed by atoms with Crippen LogP contribution in [0.1, 0.15) is 13.3 Å². The Bertz CT molecular complexity index is 1920. The van der Waals surface area contributed by atoms with Crippen LogP contribution in [0.5, 0.6) is 0 Å². The minimum atomic E-state index is -0.741. The number of pyridine rings is 2. The number of rotatable bonds is 10. The predicted molar refractivity (Wildman–Crippen MR) is 165 cm³/mol. The molecule has 10 nitrogen and oxygen atoms in total. The molecule has 220 valence electrons. The summed E-state index contributed by atoms with van der Waals surface area (Å²) < 4.78 is 30.8. The van der Waals surface area contributed by atoms with E-state index < -0.39 is 12.0 Å². The SMILES string of the molecule is CCC(O)Nc1cncc(-c2ccc3[nH]nc(-c4nc5nccc(-c6cc(F)cc(NCCN(C)C)c6)c5[nH]4)c3c2F)c1. The molecule has 0 fully saturated rings. The Morgan fingerprint density at radius 3 is 2.65 bits per heavy atom. The number of nitrogens with zero attached hydrogens (tertiary/aromatic N) is 5. The first-order valence-corrected chi connectivity index (χ1v) is 13.9. The summed E-state index contributed by atoms with van der Waals surface area (Å²) in [5.74, 6) is -0.554. The fraction of sp³-hybridized carbons (Fsp3) is 0.226. The van der Waals surface area contributed by atoms with Crippen molar-refractivity contribution in [3.63, 3.8) is 0 Å². The molecule has 12 heteroatoms. The van der Waals surface area contributed by atoms with E-state index in [4.69, 9.17) is 0 Å². The lowest BCUT2D eigenvalue weighted by Crippen LogP contribution is -2.20. The summed E-state index contributed by atoms with van der Waals surface area (Å²) in [6, 6.07) is 11.7. The van der Waals surface area contributed by atoms with E-state index in [2.05, 4.69) is 40.8 Å². The van der Waals surface area contributed by atoms with Crippen molar-refractivity contribution in [2.45, 2.75) is 19.6 Å². The first-order chi connectivity index (χ1) is 20.8. The number of benzene rings is 2. The molecule has 1 atom stereocenters. The normalized spacial score (nSPS) is 12.3. The van der Waals surface area contributed by atoms with Crippen LogP contribution in [0, 0.1) is 11.6 Å². The molecule has 2 aromatic carbocycles. The second-order valence-electron chi connectivity index (χ2n) is 10.6. The minimum Gasteiger partial charge on any atom is -0.384 e. The Balaban J connectivity index is 1.39. The zero-order valence-corrected chi connectivity index (χ0v) is 23.9. The van der Waals surface area contributed by atoms with Crippen LogP contribution in [0.15, 0.2) is 61.1 Å². The summed E-state index contributed by atoms with van der Waals surface area (Å²) in [5, 5.41) is 23.7. The number of aliphatic hydroxyl groups is 1. The van der Waals surface area contributed by atoms with Gasteiger partial charge < -0.3 is 25.6 Å². The van der Waals surface area contributed by atoms with Crippen LogP contribution in [0.25, 0.3) is 55.8 Å². The number of imidazole rings is 1. The maximum Gasteiger partial charge on any atom is 0.178 e. The highest BCUT2D eigenvalue weighted by Gasteiger charge is 2.21. The molecule has 0 aliphatic rings. The summed E-state index contributed by atoms with van der Waals surface area (Å²) in [6.07, 6.45) is 4.51. The van der Waals surface area contributed by atoms with Crippen LogP contribution >= 0.6 is 0 Å². The highest BCUT2D eigenvalue weighted by Crippen LogP contribution is 2.36. The van der Waals surface area contributed by atoms with Gasteiger partial charge in [0, 0.05) is 47.9 Å². The van der Waals surface area contributed by atoms with Gasteiger partial charge in [-0.1, -0.05) is 6.92 Å². The Hall–Kier alpha value is -4.94. The lowest BCUT2D eigenvalue weighted by molar-refractivity contribution is 0.199. The van der Waals surface area contributed by atoms with E-state index in [1.54, 1.807) is 42.9 Å². The number of fused-ring (bicyclic) bond motifs is 2. The van der Waals surface area contributed by atoms with Crippen molar-refractivity contribution < 1.29 is 13.9 Å². The van der Waals surface area contributed by atoms with Crippen molar-refractivity contribution >= 4 is 33.4 Å². The summed E-state index contributed by atoms with van der Waals surface area (Å²) >= 11 is 0. The third-order valence-corrected chi connectivity index (χ3v) is 7.15. The number of likely N-dealkylation sites (N-methyl/N-ethyl adjacent to an activating group) is 1.